The number of carbonyl (C=O) groups excluding carboxylic acids is 1. The second kappa shape index (κ2) is 12.9. The van der Waals surface area contributed by atoms with Crippen molar-refractivity contribution >= 4 is 47.2 Å². The van der Waals surface area contributed by atoms with Gasteiger partial charge in [0, 0.05) is 38.0 Å². The SMILES string of the molecule is CN=C(NCCCC(=O)N1CCc2cc(OC)c(OC)cc2C1)NC(C)c1cccs1.I. The Hall–Kier alpha value is -2.01. The van der Waals surface area contributed by atoms with Crippen molar-refractivity contribution in [2.24, 2.45) is 4.99 Å². The maximum Gasteiger partial charge on any atom is 0.222 e. The molecule has 2 N–H and O–H groups in total. The molecule has 0 fully saturated rings. The maximum atomic E-state index is 12.7. The van der Waals surface area contributed by atoms with Crippen LogP contribution in [0.15, 0.2) is 34.6 Å². The fourth-order valence-corrected chi connectivity index (χ4v) is 4.44. The second-order valence-corrected chi connectivity index (χ2v) is 8.50. The Morgan fingerprint density at radius 3 is 2.59 bits per heavy atom. The summed E-state index contributed by atoms with van der Waals surface area (Å²) in [7, 11) is 5.03. The van der Waals surface area contributed by atoms with E-state index in [2.05, 4.69) is 34.0 Å². The average molecular weight is 573 g/mol. The summed E-state index contributed by atoms with van der Waals surface area (Å²) < 4.78 is 10.8. The van der Waals surface area contributed by atoms with Crippen LogP contribution < -0.4 is 20.1 Å². The molecule has 2 heterocycles. The molecule has 0 saturated heterocycles. The number of hydrogen-bond donors (Lipinski definition) is 2. The smallest absolute Gasteiger partial charge is 0.222 e. The van der Waals surface area contributed by atoms with Gasteiger partial charge < -0.3 is 25.0 Å². The summed E-state index contributed by atoms with van der Waals surface area (Å²) in [4.78, 5) is 20.2. The number of rotatable bonds is 8. The van der Waals surface area contributed by atoms with E-state index in [9.17, 15) is 4.79 Å². The van der Waals surface area contributed by atoms with Gasteiger partial charge in [-0.3, -0.25) is 9.79 Å². The number of nitrogens with one attached hydrogen (secondary N) is 2. The minimum absolute atomic E-state index is 0. The molecule has 1 amide bonds. The number of methoxy groups -OCH3 is 2. The molecule has 1 aliphatic rings. The lowest BCUT2D eigenvalue weighted by atomic mass is 9.98. The van der Waals surface area contributed by atoms with Gasteiger partial charge in [0.2, 0.25) is 5.91 Å². The summed E-state index contributed by atoms with van der Waals surface area (Å²) in [5.74, 6) is 2.37. The van der Waals surface area contributed by atoms with Crippen LogP contribution in [0.25, 0.3) is 0 Å². The number of thiophene rings is 1. The minimum Gasteiger partial charge on any atom is -0.493 e. The number of ether oxygens (including phenoxy) is 2. The van der Waals surface area contributed by atoms with Gasteiger partial charge in [0.05, 0.1) is 20.3 Å². The molecule has 0 saturated carbocycles. The van der Waals surface area contributed by atoms with Gasteiger partial charge in [0.1, 0.15) is 0 Å². The molecule has 1 unspecified atom stereocenters. The number of fused-ring (bicyclic) bond motifs is 1. The summed E-state index contributed by atoms with van der Waals surface area (Å²) in [5, 5.41) is 8.76. The molecule has 0 bridgehead atoms. The van der Waals surface area contributed by atoms with Gasteiger partial charge in [-0.1, -0.05) is 6.07 Å². The lowest BCUT2D eigenvalue weighted by Gasteiger charge is -2.29. The predicted molar refractivity (Wildman–Crippen MR) is 141 cm³/mol. The van der Waals surface area contributed by atoms with Crippen LogP contribution in [0.4, 0.5) is 0 Å². The molecular formula is C23H33IN4O3S. The molecule has 7 nitrogen and oxygen atoms in total. The highest BCUT2D eigenvalue weighted by molar-refractivity contribution is 14.0. The van der Waals surface area contributed by atoms with Crippen LogP contribution in [-0.2, 0) is 17.8 Å². The van der Waals surface area contributed by atoms with Crippen LogP contribution in [-0.4, -0.2) is 51.1 Å². The molecule has 32 heavy (non-hydrogen) atoms. The van der Waals surface area contributed by atoms with Gasteiger partial charge in [0.15, 0.2) is 17.5 Å². The largest absolute Gasteiger partial charge is 0.493 e. The van der Waals surface area contributed by atoms with E-state index in [4.69, 9.17) is 9.47 Å². The molecule has 1 atom stereocenters. The number of aliphatic imine (C=N–C) groups is 1. The van der Waals surface area contributed by atoms with E-state index < -0.39 is 0 Å². The van der Waals surface area contributed by atoms with Crippen molar-refractivity contribution in [3.8, 4) is 11.5 Å². The molecule has 1 aromatic carbocycles. The van der Waals surface area contributed by atoms with E-state index in [1.54, 1.807) is 32.6 Å². The first-order chi connectivity index (χ1) is 15.0. The highest BCUT2D eigenvalue weighted by Crippen LogP contribution is 2.33. The highest BCUT2D eigenvalue weighted by Gasteiger charge is 2.22. The van der Waals surface area contributed by atoms with Crippen molar-refractivity contribution in [1.29, 1.82) is 0 Å². The monoisotopic (exact) mass is 572 g/mol. The summed E-state index contributed by atoms with van der Waals surface area (Å²) in [6, 6.07) is 8.36. The maximum absolute atomic E-state index is 12.7. The Balaban J connectivity index is 0.00000363. The second-order valence-electron chi connectivity index (χ2n) is 7.53. The molecular weight excluding hydrogens is 539 g/mol. The van der Waals surface area contributed by atoms with Crippen LogP contribution in [0.3, 0.4) is 0 Å². The first kappa shape index (κ1) is 26.2. The summed E-state index contributed by atoms with van der Waals surface area (Å²) in [6.45, 7) is 4.15. The standard InChI is InChI=1S/C23H32N4O3S.HI/c1-16(21-7-6-12-31-21)26-23(24-2)25-10-5-8-22(28)27-11-9-17-13-19(29-3)20(30-4)14-18(17)15-27;/h6-7,12-14,16H,5,8-11,15H2,1-4H3,(H2,24,25,26);1H. The van der Waals surface area contributed by atoms with Crippen LogP contribution in [0.5, 0.6) is 11.5 Å². The Labute approximate surface area is 211 Å². The number of halogens is 1. The van der Waals surface area contributed by atoms with Crippen molar-refractivity contribution in [3.63, 3.8) is 0 Å². The summed E-state index contributed by atoms with van der Waals surface area (Å²) in [6.07, 6.45) is 2.09. The van der Waals surface area contributed by atoms with Crippen molar-refractivity contribution in [2.45, 2.75) is 38.8 Å². The van der Waals surface area contributed by atoms with E-state index >= 15 is 0 Å². The van der Waals surface area contributed by atoms with Gasteiger partial charge in [-0.25, -0.2) is 0 Å². The average Bonchev–Trinajstić information content (AvgIpc) is 3.34. The molecule has 0 aliphatic carbocycles. The van der Waals surface area contributed by atoms with Gasteiger partial charge >= 0.3 is 0 Å². The van der Waals surface area contributed by atoms with Crippen molar-refractivity contribution in [1.82, 2.24) is 15.5 Å². The van der Waals surface area contributed by atoms with Crippen LogP contribution in [0.2, 0.25) is 0 Å². The number of guanidine groups is 1. The molecule has 1 aliphatic heterocycles. The number of nitrogens with zero attached hydrogens (tertiary/aromatic N) is 2. The van der Waals surface area contributed by atoms with Crippen molar-refractivity contribution in [3.05, 3.63) is 45.6 Å². The molecule has 9 heteroatoms. The van der Waals surface area contributed by atoms with E-state index in [-0.39, 0.29) is 35.9 Å². The Bertz CT molecular complexity index is 905. The normalized spacial score (nSPS) is 14.1. The molecule has 3 rings (SSSR count). The first-order valence-electron chi connectivity index (χ1n) is 10.6. The Morgan fingerprint density at radius 2 is 1.97 bits per heavy atom. The lowest BCUT2D eigenvalue weighted by molar-refractivity contribution is -0.132. The zero-order chi connectivity index (χ0) is 22.2. The van der Waals surface area contributed by atoms with E-state index in [0.717, 1.165) is 36.7 Å². The van der Waals surface area contributed by atoms with Crippen molar-refractivity contribution < 1.29 is 14.3 Å². The fraction of sp³-hybridized carbons (Fsp3) is 0.478. The van der Waals surface area contributed by atoms with E-state index in [1.807, 2.05) is 23.1 Å². The lowest BCUT2D eigenvalue weighted by Crippen LogP contribution is -2.39. The number of amides is 1. The summed E-state index contributed by atoms with van der Waals surface area (Å²) in [5.41, 5.74) is 2.35. The molecule has 0 radical (unpaired) electrons. The topological polar surface area (TPSA) is 75.2 Å². The van der Waals surface area contributed by atoms with Gasteiger partial charge in [-0.05, 0) is 54.5 Å². The van der Waals surface area contributed by atoms with Crippen LogP contribution >= 0.6 is 35.3 Å². The first-order valence-corrected chi connectivity index (χ1v) is 11.5. The quantitative estimate of drug-likeness (QED) is 0.217. The van der Waals surface area contributed by atoms with Gasteiger partial charge in [0.25, 0.3) is 0 Å². The Morgan fingerprint density at radius 1 is 1.25 bits per heavy atom. The van der Waals surface area contributed by atoms with Gasteiger partial charge in [-0.15, -0.1) is 35.3 Å². The number of hydrogen-bond acceptors (Lipinski definition) is 5. The minimum atomic E-state index is 0. The fourth-order valence-electron chi connectivity index (χ4n) is 3.71. The van der Waals surface area contributed by atoms with E-state index in [1.165, 1.54) is 10.4 Å². The zero-order valence-corrected chi connectivity index (χ0v) is 22.3. The number of benzene rings is 1. The third-order valence-corrected chi connectivity index (χ3v) is 6.53. The third kappa shape index (κ3) is 6.74. The van der Waals surface area contributed by atoms with E-state index in [0.29, 0.717) is 25.3 Å². The highest BCUT2D eigenvalue weighted by atomic mass is 127. The Kier molecular flexibility index (Phi) is 10.6. The summed E-state index contributed by atoms with van der Waals surface area (Å²) >= 11 is 1.72. The zero-order valence-electron chi connectivity index (χ0n) is 19.1. The molecule has 2 aromatic rings. The van der Waals surface area contributed by atoms with Crippen LogP contribution in [0, 0.1) is 0 Å². The van der Waals surface area contributed by atoms with Crippen molar-refractivity contribution in [2.75, 3.05) is 34.4 Å². The number of carbonyl (C=O) groups is 1. The molecule has 176 valence electrons. The van der Waals surface area contributed by atoms with Gasteiger partial charge in [-0.2, -0.15) is 0 Å². The predicted octanol–water partition coefficient (Wildman–Crippen LogP) is 3.97. The molecule has 0 spiro atoms. The molecule has 1 aromatic heterocycles. The third-order valence-electron chi connectivity index (χ3n) is 5.48. The van der Waals surface area contributed by atoms with Crippen LogP contribution in [0.1, 0.15) is 41.8 Å².